The highest BCUT2D eigenvalue weighted by Crippen LogP contribution is 2.23. The number of nitrogens with one attached hydrogen (secondary N) is 2. The fourth-order valence-corrected chi connectivity index (χ4v) is 3.53. The maximum Gasteiger partial charge on any atom is 0.268 e. The van der Waals surface area contributed by atoms with Crippen molar-refractivity contribution in [3.8, 4) is 11.6 Å². The Kier molecular flexibility index (Phi) is 6.96. The van der Waals surface area contributed by atoms with Crippen molar-refractivity contribution in [3.63, 3.8) is 0 Å². The van der Waals surface area contributed by atoms with Gasteiger partial charge in [-0.3, -0.25) is 4.79 Å². The van der Waals surface area contributed by atoms with Gasteiger partial charge in [0, 0.05) is 23.1 Å². The first-order valence-electron chi connectivity index (χ1n) is 8.99. The Morgan fingerprint density at radius 3 is 2.73 bits per heavy atom. The molecular weight excluding hydrogens is 477 g/mol. The van der Waals surface area contributed by atoms with E-state index in [-0.39, 0.29) is 28.3 Å². The first-order chi connectivity index (χ1) is 14.1. The normalized spacial score (nSPS) is 13.8. The summed E-state index contributed by atoms with van der Waals surface area (Å²) in [5.74, 6) is -0.214. The lowest BCUT2D eigenvalue weighted by Crippen LogP contribution is -2.42. The first-order valence-corrected chi connectivity index (χ1v) is 10.9. The Hall–Kier alpha value is -2.21. The topological polar surface area (TPSA) is 108 Å². The van der Waals surface area contributed by atoms with E-state index < -0.39 is 22.2 Å². The molecule has 2 heterocycles. The van der Waals surface area contributed by atoms with E-state index in [0.29, 0.717) is 11.3 Å². The fraction of sp³-hybridized carbons (Fsp3) is 0.316. The van der Waals surface area contributed by atoms with Crippen molar-refractivity contribution in [1.82, 2.24) is 24.5 Å². The molecule has 0 radical (unpaired) electrons. The Balaban J connectivity index is 1.84. The van der Waals surface area contributed by atoms with E-state index in [1.54, 1.807) is 29.2 Å². The van der Waals surface area contributed by atoms with Gasteiger partial charge in [-0.15, -0.1) is 4.72 Å². The maximum absolute atomic E-state index is 13.2. The van der Waals surface area contributed by atoms with Gasteiger partial charge in [-0.1, -0.05) is 0 Å². The number of hydrogen-bond acceptors (Lipinski definition) is 6. The van der Waals surface area contributed by atoms with E-state index in [2.05, 4.69) is 35.7 Å². The van der Waals surface area contributed by atoms with Gasteiger partial charge >= 0.3 is 0 Å². The Morgan fingerprint density at radius 1 is 1.37 bits per heavy atom. The van der Waals surface area contributed by atoms with Crippen LogP contribution < -0.4 is 15.0 Å². The van der Waals surface area contributed by atoms with Crippen LogP contribution in [0.15, 0.2) is 52.3 Å². The molecule has 2 aromatic heterocycles. The second-order valence-electron chi connectivity index (χ2n) is 7.41. The third kappa shape index (κ3) is 5.48. The van der Waals surface area contributed by atoms with Crippen molar-refractivity contribution < 1.29 is 13.7 Å². The maximum atomic E-state index is 13.2. The molecule has 1 unspecified atom stereocenters. The predicted octanol–water partition coefficient (Wildman–Crippen LogP) is 3.03. The molecule has 0 saturated heterocycles. The lowest BCUT2D eigenvalue weighted by molar-refractivity contribution is 0.268. The van der Waals surface area contributed by atoms with Crippen LogP contribution in [0.25, 0.3) is 5.69 Å². The Labute approximate surface area is 184 Å². The molecule has 2 atom stereocenters. The third-order valence-corrected chi connectivity index (χ3v) is 6.36. The molecule has 160 valence electrons. The molecule has 0 fully saturated rings. The minimum atomic E-state index is -1.39. The van der Waals surface area contributed by atoms with E-state index in [1.807, 2.05) is 20.8 Å². The summed E-state index contributed by atoms with van der Waals surface area (Å²) in [6.45, 7) is 5.60. The quantitative estimate of drug-likeness (QED) is 0.485. The molecule has 0 amide bonds. The van der Waals surface area contributed by atoms with Gasteiger partial charge < -0.3 is 14.3 Å². The van der Waals surface area contributed by atoms with Gasteiger partial charge in [0.1, 0.15) is 27.7 Å². The summed E-state index contributed by atoms with van der Waals surface area (Å²) in [5.41, 5.74) is 1.02. The summed E-state index contributed by atoms with van der Waals surface area (Å²) >= 11 is 1.76. The predicted molar refractivity (Wildman–Crippen MR) is 115 cm³/mol. The standard InChI is InChI=1S/C19H21BrFN5O3S/c1-19(2,3)30(28)25-15(10-29-18-16(20)17(27)22-11-23-18)12-8-24-26(9-12)14-6-4-13(21)5-7-14/h4-9,11,15,25H,10H2,1-3H3,(H,22,23,27)/t15-,30?/m0/s1. The van der Waals surface area contributed by atoms with Crippen molar-refractivity contribution >= 4 is 27.3 Å². The summed E-state index contributed by atoms with van der Waals surface area (Å²) in [6, 6.07) is 5.40. The van der Waals surface area contributed by atoms with Crippen LogP contribution in [0.2, 0.25) is 0 Å². The zero-order valence-electron chi connectivity index (χ0n) is 16.6. The SMILES string of the molecule is CC(C)(C)[S+]([O-])N[C@@H](COc1nc[nH]c(=O)c1Br)c1cnn(-c2ccc(F)cc2)c1. The van der Waals surface area contributed by atoms with Crippen molar-refractivity contribution in [2.24, 2.45) is 0 Å². The van der Waals surface area contributed by atoms with Crippen LogP contribution in [0.4, 0.5) is 4.39 Å². The monoisotopic (exact) mass is 497 g/mol. The van der Waals surface area contributed by atoms with Crippen molar-refractivity contribution in [1.29, 1.82) is 0 Å². The van der Waals surface area contributed by atoms with Crippen LogP contribution in [0, 0.1) is 5.82 Å². The van der Waals surface area contributed by atoms with Gasteiger partial charge in [0.15, 0.2) is 0 Å². The highest BCUT2D eigenvalue weighted by atomic mass is 79.9. The highest BCUT2D eigenvalue weighted by Gasteiger charge is 2.31. The van der Waals surface area contributed by atoms with Crippen LogP contribution >= 0.6 is 15.9 Å². The number of ether oxygens (including phenoxy) is 1. The van der Waals surface area contributed by atoms with Gasteiger partial charge in [0.2, 0.25) is 5.88 Å². The molecule has 3 rings (SSSR count). The molecule has 2 N–H and O–H groups in total. The number of aromatic nitrogens is 4. The van der Waals surface area contributed by atoms with Crippen molar-refractivity contribution in [2.75, 3.05) is 6.61 Å². The van der Waals surface area contributed by atoms with E-state index in [0.717, 1.165) is 0 Å². The molecule has 0 aliphatic heterocycles. The lowest BCUT2D eigenvalue weighted by atomic mass is 10.2. The van der Waals surface area contributed by atoms with Gasteiger partial charge in [-0.2, -0.15) is 5.10 Å². The van der Waals surface area contributed by atoms with Crippen LogP contribution in [0.3, 0.4) is 0 Å². The molecule has 0 aliphatic carbocycles. The molecule has 1 aromatic carbocycles. The average Bonchev–Trinajstić information content (AvgIpc) is 3.17. The largest absolute Gasteiger partial charge is 0.598 e. The van der Waals surface area contributed by atoms with E-state index in [4.69, 9.17) is 4.74 Å². The minimum Gasteiger partial charge on any atom is -0.598 e. The lowest BCUT2D eigenvalue weighted by Gasteiger charge is -2.27. The molecule has 11 heteroatoms. The highest BCUT2D eigenvalue weighted by molar-refractivity contribution is 9.10. The molecule has 0 bridgehead atoms. The molecular formula is C19H21BrFN5O3S. The molecule has 3 aromatic rings. The smallest absolute Gasteiger partial charge is 0.268 e. The summed E-state index contributed by atoms with van der Waals surface area (Å²) in [4.78, 5) is 18.2. The average molecular weight is 498 g/mol. The molecule has 0 aliphatic rings. The number of aromatic amines is 1. The van der Waals surface area contributed by atoms with Crippen LogP contribution in [0.1, 0.15) is 32.4 Å². The third-order valence-electron chi connectivity index (χ3n) is 4.05. The number of halogens is 2. The fourth-order valence-electron chi connectivity index (χ4n) is 2.39. The second-order valence-corrected chi connectivity index (χ2v) is 10.2. The number of rotatable bonds is 7. The van der Waals surface area contributed by atoms with Crippen LogP contribution in [-0.2, 0) is 11.4 Å². The van der Waals surface area contributed by atoms with Crippen molar-refractivity contribution in [3.05, 3.63) is 69.2 Å². The van der Waals surface area contributed by atoms with Gasteiger partial charge in [-0.05, 0) is 61.0 Å². The molecule has 8 nitrogen and oxygen atoms in total. The Bertz CT molecular complexity index is 1050. The molecule has 30 heavy (non-hydrogen) atoms. The van der Waals surface area contributed by atoms with E-state index in [9.17, 15) is 13.7 Å². The van der Waals surface area contributed by atoms with E-state index >= 15 is 0 Å². The second kappa shape index (κ2) is 9.29. The van der Waals surface area contributed by atoms with Crippen LogP contribution in [-0.4, -0.2) is 35.7 Å². The Morgan fingerprint density at radius 2 is 2.07 bits per heavy atom. The zero-order valence-corrected chi connectivity index (χ0v) is 19.0. The number of nitrogens with zero attached hydrogens (tertiary/aromatic N) is 3. The minimum absolute atomic E-state index is 0.0476. The first kappa shape index (κ1) is 22.5. The summed E-state index contributed by atoms with van der Waals surface area (Å²) < 4.78 is 35.9. The molecule has 0 saturated carbocycles. The number of hydrogen-bond donors (Lipinski definition) is 2. The van der Waals surface area contributed by atoms with Gasteiger partial charge in [0.25, 0.3) is 5.56 Å². The summed E-state index contributed by atoms with van der Waals surface area (Å²) in [5, 5.41) is 4.31. The van der Waals surface area contributed by atoms with Gasteiger partial charge in [0.05, 0.1) is 18.2 Å². The van der Waals surface area contributed by atoms with Crippen LogP contribution in [0.5, 0.6) is 5.88 Å². The van der Waals surface area contributed by atoms with E-state index in [1.165, 1.54) is 18.5 Å². The van der Waals surface area contributed by atoms with Gasteiger partial charge in [-0.25, -0.2) is 14.1 Å². The number of H-pyrrole nitrogens is 1. The summed E-state index contributed by atoms with van der Waals surface area (Å²) in [6.07, 6.45) is 4.60. The zero-order chi connectivity index (χ0) is 21.9. The van der Waals surface area contributed by atoms with Crippen molar-refractivity contribution in [2.45, 2.75) is 31.6 Å². The number of benzene rings is 1. The summed E-state index contributed by atoms with van der Waals surface area (Å²) in [7, 11) is 0. The molecule has 0 spiro atoms.